The second-order valence-electron chi connectivity index (χ2n) is 4.28. The maximum absolute atomic E-state index is 13.4. The van der Waals surface area contributed by atoms with Crippen molar-refractivity contribution in [3.8, 4) is 16.9 Å². The first kappa shape index (κ1) is 13.6. The lowest BCUT2D eigenvalue weighted by atomic mass is 9.98. The van der Waals surface area contributed by atoms with Gasteiger partial charge < -0.3 is 10.1 Å². The summed E-state index contributed by atoms with van der Waals surface area (Å²) in [7, 11) is 1.65. The van der Waals surface area contributed by atoms with Gasteiger partial charge in [-0.15, -0.1) is 0 Å². The van der Waals surface area contributed by atoms with E-state index in [0.29, 0.717) is 6.54 Å². The van der Waals surface area contributed by atoms with Crippen LogP contribution in [0.1, 0.15) is 12.5 Å². The highest BCUT2D eigenvalue weighted by molar-refractivity contribution is 5.73. The van der Waals surface area contributed by atoms with E-state index in [1.807, 2.05) is 31.2 Å². The van der Waals surface area contributed by atoms with Gasteiger partial charge in [0.05, 0.1) is 7.11 Å². The molecule has 0 atom stereocenters. The van der Waals surface area contributed by atoms with Crippen LogP contribution in [0, 0.1) is 5.82 Å². The van der Waals surface area contributed by atoms with Crippen LogP contribution < -0.4 is 10.1 Å². The predicted molar refractivity (Wildman–Crippen MR) is 75.8 cm³/mol. The lowest BCUT2D eigenvalue weighted by Crippen LogP contribution is -2.12. The molecule has 0 aliphatic rings. The Bertz CT molecular complexity index is 554. The SMILES string of the molecule is CCNCc1cc(F)ccc1-c1ccccc1OC. The molecule has 19 heavy (non-hydrogen) atoms. The molecule has 0 spiro atoms. The lowest BCUT2D eigenvalue weighted by Gasteiger charge is -2.13. The van der Waals surface area contributed by atoms with Crippen molar-refractivity contribution < 1.29 is 9.13 Å². The molecule has 0 aromatic heterocycles. The number of hydrogen-bond donors (Lipinski definition) is 1. The largest absolute Gasteiger partial charge is 0.496 e. The molecule has 2 nitrogen and oxygen atoms in total. The fraction of sp³-hybridized carbons (Fsp3) is 0.250. The number of para-hydroxylation sites is 1. The lowest BCUT2D eigenvalue weighted by molar-refractivity contribution is 0.416. The topological polar surface area (TPSA) is 21.3 Å². The van der Waals surface area contributed by atoms with E-state index in [0.717, 1.165) is 29.0 Å². The molecule has 0 saturated carbocycles. The van der Waals surface area contributed by atoms with Crippen LogP contribution in [0.3, 0.4) is 0 Å². The zero-order valence-electron chi connectivity index (χ0n) is 11.2. The number of hydrogen-bond acceptors (Lipinski definition) is 2. The third-order valence-corrected chi connectivity index (χ3v) is 3.03. The van der Waals surface area contributed by atoms with Crippen molar-refractivity contribution in [1.82, 2.24) is 5.32 Å². The molecule has 100 valence electrons. The van der Waals surface area contributed by atoms with Crippen molar-refractivity contribution >= 4 is 0 Å². The Hall–Kier alpha value is -1.87. The Balaban J connectivity index is 2.48. The number of rotatable bonds is 5. The van der Waals surface area contributed by atoms with Gasteiger partial charge in [-0.05, 0) is 35.9 Å². The van der Waals surface area contributed by atoms with Gasteiger partial charge in [0, 0.05) is 12.1 Å². The van der Waals surface area contributed by atoms with Crippen molar-refractivity contribution in [3.05, 3.63) is 53.8 Å². The number of nitrogens with one attached hydrogen (secondary N) is 1. The van der Waals surface area contributed by atoms with E-state index in [1.165, 1.54) is 6.07 Å². The second kappa shape index (κ2) is 6.34. The summed E-state index contributed by atoms with van der Waals surface area (Å²) >= 11 is 0. The van der Waals surface area contributed by atoms with Gasteiger partial charge in [-0.2, -0.15) is 0 Å². The molecule has 0 unspecified atom stereocenters. The highest BCUT2D eigenvalue weighted by atomic mass is 19.1. The minimum atomic E-state index is -0.216. The Morgan fingerprint density at radius 1 is 1.11 bits per heavy atom. The average Bonchev–Trinajstić information content (AvgIpc) is 2.45. The number of benzene rings is 2. The molecular weight excluding hydrogens is 241 g/mol. The van der Waals surface area contributed by atoms with E-state index in [1.54, 1.807) is 19.2 Å². The number of halogens is 1. The fourth-order valence-corrected chi connectivity index (χ4v) is 2.10. The predicted octanol–water partition coefficient (Wildman–Crippen LogP) is 3.61. The first-order chi connectivity index (χ1) is 9.26. The normalized spacial score (nSPS) is 10.5. The summed E-state index contributed by atoms with van der Waals surface area (Å²) < 4.78 is 18.8. The maximum Gasteiger partial charge on any atom is 0.126 e. The molecule has 0 radical (unpaired) electrons. The zero-order valence-corrected chi connectivity index (χ0v) is 11.2. The molecule has 2 aromatic carbocycles. The van der Waals surface area contributed by atoms with E-state index in [-0.39, 0.29) is 5.82 Å². The monoisotopic (exact) mass is 259 g/mol. The molecule has 0 aliphatic carbocycles. The van der Waals surface area contributed by atoms with Crippen LogP contribution in [0.4, 0.5) is 4.39 Å². The van der Waals surface area contributed by atoms with E-state index < -0.39 is 0 Å². The van der Waals surface area contributed by atoms with Crippen LogP contribution in [0.25, 0.3) is 11.1 Å². The standard InChI is InChI=1S/C16H18FNO/c1-3-18-11-12-10-13(17)8-9-14(12)15-6-4-5-7-16(15)19-2/h4-10,18H,3,11H2,1-2H3. The second-order valence-corrected chi connectivity index (χ2v) is 4.28. The summed E-state index contributed by atoms with van der Waals surface area (Å²) in [5.74, 6) is 0.582. The zero-order chi connectivity index (χ0) is 13.7. The van der Waals surface area contributed by atoms with Crippen LogP contribution in [-0.4, -0.2) is 13.7 Å². The van der Waals surface area contributed by atoms with Gasteiger partial charge in [0.2, 0.25) is 0 Å². The van der Waals surface area contributed by atoms with Crippen LogP contribution in [0.5, 0.6) is 5.75 Å². The molecule has 2 rings (SSSR count). The van der Waals surface area contributed by atoms with Crippen molar-refractivity contribution in [1.29, 1.82) is 0 Å². The maximum atomic E-state index is 13.4. The minimum Gasteiger partial charge on any atom is -0.496 e. The van der Waals surface area contributed by atoms with Crippen molar-refractivity contribution in [3.63, 3.8) is 0 Å². The third-order valence-electron chi connectivity index (χ3n) is 3.03. The highest BCUT2D eigenvalue weighted by Crippen LogP contribution is 2.32. The summed E-state index contributed by atoms with van der Waals surface area (Å²) in [5.41, 5.74) is 2.92. The van der Waals surface area contributed by atoms with Crippen LogP contribution >= 0.6 is 0 Å². The molecular formula is C16H18FNO. The third kappa shape index (κ3) is 3.12. The van der Waals surface area contributed by atoms with Crippen LogP contribution in [0.15, 0.2) is 42.5 Å². The van der Waals surface area contributed by atoms with Gasteiger partial charge >= 0.3 is 0 Å². The van der Waals surface area contributed by atoms with Crippen molar-refractivity contribution in [2.24, 2.45) is 0 Å². The summed E-state index contributed by atoms with van der Waals surface area (Å²) in [6.07, 6.45) is 0. The van der Waals surface area contributed by atoms with Crippen molar-refractivity contribution in [2.75, 3.05) is 13.7 Å². The van der Waals surface area contributed by atoms with Crippen LogP contribution in [-0.2, 0) is 6.54 Å². The average molecular weight is 259 g/mol. The smallest absolute Gasteiger partial charge is 0.126 e. The molecule has 0 amide bonds. The Labute approximate surface area is 113 Å². The van der Waals surface area contributed by atoms with E-state index in [2.05, 4.69) is 5.32 Å². The number of ether oxygens (including phenoxy) is 1. The van der Waals surface area contributed by atoms with E-state index >= 15 is 0 Å². The molecule has 0 bridgehead atoms. The molecule has 0 heterocycles. The molecule has 0 saturated heterocycles. The fourth-order valence-electron chi connectivity index (χ4n) is 2.10. The molecule has 1 N–H and O–H groups in total. The first-order valence-corrected chi connectivity index (χ1v) is 6.38. The quantitative estimate of drug-likeness (QED) is 0.885. The summed E-state index contributed by atoms with van der Waals surface area (Å²) in [6, 6.07) is 12.6. The summed E-state index contributed by atoms with van der Waals surface area (Å²) in [4.78, 5) is 0. The van der Waals surface area contributed by atoms with Gasteiger partial charge in [0.25, 0.3) is 0 Å². The first-order valence-electron chi connectivity index (χ1n) is 6.38. The van der Waals surface area contributed by atoms with Gasteiger partial charge in [-0.3, -0.25) is 0 Å². The summed E-state index contributed by atoms with van der Waals surface area (Å²) in [6.45, 7) is 3.52. The Morgan fingerprint density at radius 3 is 2.63 bits per heavy atom. The Morgan fingerprint density at radius 2 is 1.89 bits per heavy atom. The molecule has 0 aliphatic heterocycles. The highest BCUT2D eigenvalue weighted by Gasteiger charge is 2.10. The van der Waals surface area contributed by atoms with Gasteiger partial charge in [-0.25, -0.2) is 4.39 Å². The Kier molecular flexibility index (Phi) is 4.53. The van der Waals surface area contributed by atoms with Gasteiger partial charge in [0.15, 0.2) is 0 Å². The summed E-state index contributed by atoms with van der Waals surface area (Å²) in [5, 5.41) is 3.23. The molecule has 0 fully saturated rings. The van der Waals surface area contributed by atoms with E-state index in [4.69, 9.17) is 4.74 Å². The van der Waals surface area contributed by atoms with Crippen LogP contribution in [0.2, 0.25) is 0 Å². The van der Waals surface area contributed by atoms with Gasteiger partial charge in [-0.1, -0.05) is 31.2 Å². The van der Waals surface area contributed by atoms with Gasteiger partial charge in [0.1, 0.15) is 11.6 Å². The molecule has 2 aromatic rings. The number of methoxy groups -OCH3 is 1. The van der Waals surface area contributed by atoms with E-state index in [9.17, 15) is 4.39 Å². The van der Waals surface area contributed by atoms with Crippen molar-refractivity contribution in [2.45, 2.75) is 13.5 Å². The minimum absolute atomic E-state index is 0.216. The molecule has 3 heteroatoms.